The predicted octanol–water partition coefficient (Wildman–Crippen LogP) is 0.875. The molecule has 0 aromatic heterocycles. The molecule has 6 nitrogen and oxygen atoms in total. The Morgan fingerprint density at radius 3 is 2.52 bits per heavy atom. The molecule has 1 aromatic carbocycles. The Hall–Kier alpha value is -1.91. The smallest absolute Gasteiger partial charge is 0.307 e. The number of carbonyl (C=O) groups excluding carboxylic acids is 1. The van der Waals surface area contributed by atoms with Crippen molar-refractivity contribution < 1.29 is 17.9 Å². The van der Waals surface area contributed by atoms with Crippen molar-refractivity contribution in [1.82, 2.24) is 5.32 Å². The van der Waals surface area contributed by atoms with E-state index in [1.54, 1.807) is 6.92 Å². The van der Waals surface area contributed by atoms with Crippen LogP contribution in [0.2, 0.25) is 0 Å². The number of sulfone groups is 1. The fourth-order valence-electron chi connectivity index (χ4n) is 1.61. The summed E-state index contributed by atoms with van der Waals surface area (Å²) in [4.78, 5) is 11.3. The fourth-order valence-corrected chi connectivity index (χ4v) is 2.81. The zero-order chi connectivity index (χ0) is 15.7. The quantitative estimate of drug-likeness (QED) is 0.565. The maximum atomic E-state index is 12.0. The van der Waals surface area contributed by atoms with Crippen LogP contribution in [0.5, 0.6) is 0 Å². The first-order valence-corrected chi connectivity index (χ1v) is 8.24. The lowest BCUT2D eigenvalue weighted by Gasteiger charge is -2.06. The summed E-state index contributed by atoms with van der Waals surface area (Å²) in [5.41, 5.74) is 0.418. The van der Waals surface area contributed by atoms with Gasteiger partial charge in [0.1, 0.15) is 0 Å². The lowest BCUT2D eigenvalue weighted by molar-refractivity contribution is -0.142. The van der Waals surface area contributed by atoms with Gasteiger partial charge in [-0.1, -0.05) is 0 Å². The molecule has 0 spiro atoms. The molecule has 0 saturated heterocycles. The van der Waals surface area contributed by atoms with Crippen LogP contribution in [0.25, 0.3) is 0 Å². The third-order valence-corrected chi connectivity index (χ3v) is 4.43. The number of nitrogens with zero attached hydrogens (tertiary/aromatic N) is 1. The van der Waals surface area contributed by atoms with E-state index in [0.29, 0.717) is 18.7 Å². The lowest BCUT2D eigenvalue weighted by atomic mass is 10.2. The zero-order valence-electron chi connectivity index (χ0n) is 11.8. The van der Waals surface area contributed by atoms with Crippen LogP contribution < -0.4 is 5.32 Å². The van der Waals surface area contributed by atoms with Gasteiger partial charge in [-0.3, -0.25) is 4.79 Å². The van der Waals surface area contributed by atoms with Crippen molar-refractivity contribution in [1.29, 1.82) is 5.26 Å². The monoisotopic (exact) mass is 310 g/mol. The van der Waals surface area contributed by atoms with Crippen LogP contribution in [0, 0.1) is 11.3 Å². The molecule has 0 bridgehead atoms. The number of hydrogen-bond donors (Lipinski definition) is 1. The maximum absolute atomic E-state index is 12.0. The van der Waals surface area contributed by atoms with E-state index in [9.17, 15) is 13.2 Å². The van der Waals surface area contributed by atoms with E-state index in [0.717, 1.165) is 0 Å². The van der Waals surface area contributed by atoms with Gasteiger partial charge >= 0.3 is 5.97 Å². The van der Waals surface area contributed by atoms with E-state index in [1.165, 1.54) is 24.3 Å². The van der Waals surface area contributed by atoms with Crippen LogP contribution in [0.4, 0.5) is 0 Å². The number of esters is 1. The van der Waals surface area contributed by atoms with E-state index >= 15 is 0 Å². The third kappa shape index (κ3) is 5.94. The molecule has 0 saturated carbocycles. The molecule has 1 rings (SSSR count). The van der Waals surface area contributed by atoms with Crippen molar-refractivity contribution in [2.45, 2.75) is 18.2 Å². The molecule has 1 N–H and O–H groups in total. The minimum atomic E-state index is -3.38. The topological polar surface area (TPSA) is 96.3 Å². The summed E-state index contributed by atoms with van der Waals surface area (Å²) in [5.74, 6) is -0.373. The second-order valence-electron chi connectivity index (χ2n) is 4.26. The molecular weight excluding hydrogens is 292 g/mol. The molecule has 21 heavy (non-hydrogen) atoms. The molecule has 0 amide bonds. The summed E-state index contributed by atoms with van der Waals surface area (Å²) in [6.07, 6.45) is 0.213. The fraction of sp³-hybridized carbons (Fsp3) is 0.429. The molecule has 0 unspecified atom stereocenters. The molecule has 0 atom stereocenters. The molecule has 114 valence electrons. The van der Waals surface area contributed by atoms with Crippen LogP contribution in [-0.4, -0.2) is 39.8 Å². The summed E-state index contributed by atoms with van der Waals surface area (Å²) < 4.78 is 28.8. The number of nitriles is 1. The minimum Gasteiger partial charge on any atom is -0.466 e. The van der Waals surface area contributed by atoms with Gasteiger partial charge in [-0.05, 0) is 31.2 Å². The van der Waals surface area contributed by atoms with Crippen LogP contribution in [0.1, 0.15) is 18.9 Å². The molecule has 0 radical (unpaired) electrons. The van der Waals surface area contributed by atoms with Gasteiger partial charge in [-0.25, -0.2) is 8.42 Å². The first-order chi connectivity index (χ1) is 9.99. The highest BCUT2D eigenvalue weighted by Crippen LogP contribution is 2.11. The number of hydrogen-bond acceptors (Lipinski definition) is 6. The summed E-state index contributed by atoms with van der Waals surface area (Å²) in [6.45, 7) is 2.70. The van der Waals surface area contributed by atoms with Crippen LogP contribution in [-0.2, 0) is 19.4 Å². The molecule has 7 heteroatoms. The zero-order valence-corrected chi connectivity index (χ0v) is 12.6. The van der Waals surface area contributed by atoms with Gasteiger partial charge in [-0.15, -0.1) is 0 Å². The van der Waals surface area contributed by atoms with E-state index in [4.69, 9.17) is 10.00 Å². The molecule has 0 fully saturated rings. The lowest BCUT2D eigenvalue weighted by Crippen LogP contribution is -2.25. The highest BCUT2D eigenvalue weighted by atomic mass is 32.2. The average Bonchev–Trinajstić information content (AvgIpc) is 2.47. The Labute approximate surface area is 124 Å². The highest BCUT2D eigenvalue weighted by Gasteiger charge is 2.13. The molecule has 1 aromatic rings. The molecular formula is C14H18N2O4S. The van der Waals surface area contributed by atoms with Gasteiger partial charge in [0.05, 0.1) is 35.3 Å². The Kier molecular flexibility index (Phi) is 6.85. The van der Waals surface area contributed by atoms with Crippen molar-refractivity contribution in [3.63, 3.8) is 0 Å². The highest BCUT2D eigenvalue weighted by molar-refractivity contribution is 7.91. The first-order valence-electron chi connectivity index (χ1n) is 6.59. The molecule has 0 aliphatic heterocycles. The summed E-state index contributed by atoms with van der Waals surface area (Å²) in [5, 5.41) is 11.6. The molecule has 0 aliphatic rings. The van der Waals surface area contributed by atoms with Gasteiger partial charge in [0.25, 0.3) is 0 Å². The second-order valence-corrected chi connectivity index (χ2v) is 6.37. The van der Waals surface area contributed by atoms with Crippen LogP contribution in [0.15, 0.2) is 29.2 Å². The first kappa shape index (κ1) is 17.1. The van der Waals surface area contributed by atoms with Crippen molar-refractivity contribution in [3.05, 3.63) is 29.8 Å². The number of ether oxygens (including phenoxy) is 1. The van der Waals surface area contributed by atoms with Crippen molar-refractivity contribution >= 4 is 15.8 Å². The third-order valence-electron chi connectivity index (χ3n) is 2.70. The normalized spacial score (nSPS) is 10.9. The minimum absolute atomic E-state index is 0.0677. The average molecular weight is 310 g/mol. The SMILES string of the molecule is CCOC(=O)CCNCCS(=O)(=O)c1ccc(C#N)cc1. The predicted molar refractivity (Wildman–Crippen MR) is 77.3 cm³/mol. The number of carbonyl (C=O) groups is 1. The van der Waals surface area contributed by atoms with E-state index in [-0.39, 0.29) is 29.6 Å². The van der Waals surface area contributed by atoms with Crippen LogP contribution >= 0.6 is 0 Å². The Bertz CT molecular complexity index is 603. The molecule has 0 heterocycles. The van der Waals surface area contributed by atoms with Gasteiger partial charge in [0.2, 0.25) is 0 Å². The van der Waals surface area contributed by atoms with Crippen LogP contribution in [0.3, 0.4) is 0 Å². The largest absolute Gasteiger partial charge is 0.466 e. The van der Waals surface area contributed by atoms with Gasteiger partial charge < -0.3 is 10.1 Å². The second kappa shape index (κ2) is 8.39. The van der Waals surface area contributed by atoms with Crippen molar-refractivity contribution in [3.8, 4) is 6.07 Å². The molecule has 0 aliphatic carbocycles. The van der Waals surface area contributed by atoms with E-state index in [2.05, 4.69) is 5.32 Å². The van der Waals surface area contributed by atoms with Gasteiger partial charge in [0.15, 0.2) is 9.84 Å². The Morgan fingerprint density at radius 2 is 1.95 bits per heavy atom. The number of benzene rings is 1. The van der Waals surface area contributed by atoms with Crippen molar-refractivity contribution in [2.75, 3.05) is 25.4 Å². The van der Waals surface area contributed by atoms with E-state index in [1.807, 2.05) is 6.07 Å². The van der Waals surface area contributed by atoms with E-state index < -0.39 is 9.84 Å². The standard InChI is InChI=1S/C14H18N2O4S/c1-2-20-14(17)7-8-16-9-10-21(18,19)13-5-3-12(11-15)4-6-13/h3-6,16H,2,7-10H2,1H3. The summed E-state index contributed by atoms with van der Waals surface area (Å²) in [6, 6.07) is 7.73. The summed E-state index contributed by atoms with van der Waals surface area (Å²) >= 11 is 0. The Balaban J connectivity index is 2.39. The maximum Gasteiger partial charge on any atom is 0.307 e. The number of nitrogens with one attached hydrogen (secondary N) is 1. The summed E-state index contributed by atoms with van der Waals surface area (Å²) in [7, 11) is -3.38. The van der Waals surface area contributed by atoms with Crippen molar-refractivity contribution in [2.24, 2.45) is 0 Å². The van der Waals surface area contributed by atoms with Gasteiger partial charge in [0, 0.05) is 13.1 Å². The number of rotatable bonds is 8. The van der Waals surface area contributed by atoms with Gasteiger partial charge in [-0.2, -0.15) is 5.26 Å². The Morgan fingerprint density at radius 1 is 1.29 bits per heavy atom.